The smallest absolute Gasteiger partial charge is 0.338 e. The molecule has 3 rings (SSSR count). The van der Waals surface area contributed by atoms with Crippen LogP contribution in [0, 0.1) is 0 Å². The minimum absolute atomic E-state index is 0.0832. The summed E-state index contributed by atoms with van der Waals surface area (Å²) in [6.45, 7) is 3.35. The zero-order valence-corrected chi connectivity index (χ0v) is 17.1. The van der Waals surface area contributed by atoms with Crippen LogP contribution in [-0.4, -0.2) is 61.8 Å². The van der Waals surface area contributed by atoms with Gasteiger partial charge in [-0.15, -0.1) is 0 Å². The topological polar surface area (TPSA) is 84.0 Å². The zero-order valence-electron chi connectivity index (χ0n) is 16.3. The summed E-state index contributed by atoms with van der Waals surface area (Å²) in [5.74, 6) is -0.897. The van der Waals surface area contributed by atoms with Gasteiger partial charge in [0.1, 0.15) is 0 Å². The molecule has 8 heteroatoms. The van der Waals surface area contributed by atoms with Gasteiger partial charge in [-0.2, -0.15) is 4.31 Å². The highest BCUT2D eigenvalue weighted by molar-refractivity contribution is 7.89. The summed E-state index contributed by atoms with van der Waals surface area (Å²) in [7, 11) is -3.62. The molecule has 7 nitrogen and oxygen atoms in total. The van der Waals surface area contributed by atoms with Crippen molar-refractivity contribution >= 4 is 21.9 Å². The van der Waals surface area contributed by atoms with Crippen molar-refractivity contribution in [2.24, 2.45) is 0 Å². The maximum Gasteiger partial charge on any atom is 0.338 e. The van der Waals surface area contributed by atoms with Crippen molar-refractivity contribution in [3.05, 3.63) is 29.8 Å². The van der Waals surface area contributed by atoms with Gasteiger partial charge in [-0.05, 0) is 57.2 Å². The van der Waals surface area contributed by atoms with Crippen molar-refractivity contribution in [1.29, 1.82) is 0 Å². The molecule has 2 saturated heterocycles. The third kappa shape index (κ3) is 4.72. The van der Waals surface area contributed by atoms with E-state index in [1.165, 1.54) is 28.6 Å². The third-order valence-electron chi connectivity index (χ3n) is 5.47. The molecule has 0 bridgehead atoms. The van der Waals surface area contributed by atoms with E-state index in [9.17, 15) is 18.0 Å². The zero-order chi connectivity index (χ0) is 20.1. The summed E-state index contributed by atoms with van der Waals surface area (Å²) >= 11 is 0. The Bertz CT molecular complexity index is 818. The Balaban J connectivity index is 1.64. The molecule has 0 N–H and O–H groups in total. The number of esters is 1. The predicted octanol–water partition coefficient (Wildman–Crippen LogP) is 2.42. The molecule has 28 heavy (non-hydrogen) atoms. The van der Waals surface area contributed by atoms with Crippen LogP contribution in [0.4, 0.5) is 0 Å². The normalized spacial score (nSPS) is 21.3. The van der Waals surface area contributed by atoms with Gasteiger partial charge in [0, 0.05) is 25.7 Å². The van der Waals surface area contributed by atoms with Crippen LogP contribution in [0.1, 0.15) is 55.8 Å². The Hall–Kier alpha value is -1.93. The van der Waals surface area contributed by atoms with Gasteiger partial charge in [0.25, 0.3) is 5.91 Å². The second-order valence-electron chi connectivity index (χ2n) is 7.50. The fraction of sp³-hybridized carbons (Fsp3) is 0.600. The van der Waals surface area contributed by atoms with Crippen molar-refractivity contribution in [3.63, 3.8) is 0 Å². The summed E-state index contributed by atoms with van der Waals surface area (Å²) in [5, 5.41) is 0. The van der Waals surface area contributed by atoms with Crippen molar-refractivity contribution in [3.8, 4) is 0 Å². The number of ether oxygens (including phenoxy) is 1. The molecule has 0 aliphatic carbocycles. The number of hydrogen-bond donors (Lipinski definition) is 0. The second kappa shape index (κ2) is 9.05. The minimum atomic E-state index is -3.62. The third-order valence-corrected chi connectivity index (χ3v) is 7.37. The lowest BCUT2D eigenvalue weighted by atomic mass is 10.0. The number of hydrogen-bond acceptors (Lipinski definition) is 5. The monoisotopic (exact) mass is 408 g/mol. The molecule has 1 amide bonds. The van der Waals surface area contributed by atoms with E-state index in [1.807, 2.05) is 6.92 Å². The van der Waals surface area contributed by atoms with Gasteiger partial charge in [0.15, 0.2) is 6.61 Å². The summed E-state index contributed by atoms with van der Waals surface area (Å²) in [6.07, 6.45) is 5.73. The first-order valence-electron chi connectivity index (χ1n) is 9.96. The van der Waals surface area contributed by atoms with E-state index in [0.717, 1.165) is 38.5 Å². The van der Waals surface area contributed by atoms with Crippen LogP contribution < -0.4 is 0 Å². The quantitative estimate of drug-likeness (QED) is 0.699. The van der Waals surface area contributed by atoms with Gasteiger partial charge in [0.2, 0.25) is 10.0 Å². The molecule has 1 aromatic carbocycles. The van der Waals surface area contributed by atoms with Crippen LogP contribution in [0.25, 0.3) is 0 Å². The lowest BCUT2D eigenvalue weighted by Crippen LogP contribution is -2.44. The largest absolute Gasteiger partial charge is 0.452 e. The maximum atomic E-state index is 12.8. The average molecular weight is 409 g/mol. The molecule has 154 valence electrons. The summed E-state index contributed by atoms with van der Waals surface area (Å²) < 4.78 is 32.2. The molecule has 1 atom stereocenters. The molecule has 2 fully saturated rings. The standard InChI is InChI=1S/C20H28N2O5S/c1-16-8-3-6-13-22(16)19(23)15-27-20(24)17-9-7-10-18(14-17)28(25,26)21-11-4-2-5-12-21/h7,9-10,14,16H,2-6,8,11-13,15H2,1H3/t16-/m1/s1. The highest BCUT2D eigenvalue weighted by Gasteiger charge is 2.27. The number of likely N-dealkylation sites (tertiary alicyclic amines) is 1. The lowest BCUT2D eigenvalue weighted by molar-refractivity contribution is -0.137. The van der Waals surface area contributed by atoms with E-state index in [4.69, 9.17) is 4.74 Å². The van der Waals surface area contributed by atoms with Crippen molar-refractivity contribution in [2.45, 2.75) is 56.4 Å². The Morgan fingerprint density at radius 3 is 2.50 bits per heavy atom. The fourth-order valence-corrected chi connectivity index (χ4v) is 5.36. The molecule has 2 heterocycles. The molecule has 0 unspecified atom stereocenters. The summed E-state index contributed by atoms with van der Waals surface area (Å²) in [5.41, 5.74) is 0.137. The molecule has 0 aromatic heterocycles. The van der Waals surface area contributed by atoms with Gasteiger partial charge in [-0.25, -0.2) is 13.2 Å². The predicted molar refractivity (Wildman–Crippen MR) is 104 cm³/mol. The number of carbonyl (C=O) groups is 2. The van der Waals surface area contributed by atoms with E-state index >= 15 is 0 Å². The molecular weight excluding hydrogens is 380 g/mol. The average Bonchev–Trinajstić information content (AvgIpc) is 2.73. The molecule has 0 spiro atoms. The highest BCUT2D eigenvalue weighted by atomic mass is 32.2. The Labute approximate surface area is 166 Å². The van der Waals surface area contributed by atoms with Gasteiger partial charge >= 0.3 is 5.97 Å². The van der Waals surface area contributed by atoms with Crippen molar-refractivity contribution in [1.82, 2.24) is 9.21 Å². The van der Waals surface area contributed by atoms with Crippen molar-refractivity contribution < 1.29 is 22.7 Å². The van der Waals surface area contributed by atoms with Crippen LogP contribution in [0.3, 0.4) is 0 Å². The molecule has 0 saturated carbocycles. The van der Waals surface area contributed by atoms with Crippen LogP contribution in [0.15, 0.2) is 29.2 Å². The maximum absolute atomic E-state index is 12.8. The Morgan fingerprint density at radius 2 is 1.79 bits per heavy atom. The molecular formula is C20H28N2O5S. The van der Waals surface area contributed by atoms with E-state index in [-0.39, 0.29) is 29.0 Å². The molecule has 0 radical (unpaired) electrons. The van der Waals surface area contributed by atoms with Gasteiger partial charge < -0.3 is 9.64 Å². The number of carbonyl (C=O) groups excluding carboxylic acids is 2. The van der Waals surface area contributed by atoms with Crippen molar-refractivity contribution in [2.75, 3.05) is 26.2 Å². The number of rotatable bonds is 5. The highest BCUT2D eigenvalue weighted by Crippen LogP contribution is 2.22. The molecule has 1 aromatic rings. The summed E-state index contributed by atoms with van der Waals surface area (Å²) in [4.78, 5) is 26.5. The Kier molecular flexibility index (Phi) is 6.72. The van der Waals surface area contributed by atoms with Crippen LogP contribution in [0.5, 0.6) is 0 Å². The van der Waals surface area contributed by atoms with E-state index in [1.54, 1.807) is 4.90 Å². The number of amides is 1. The number of piperidine rings is 2. The molecule has 2 aliphatic heterocycles. The molecule has 2 aliphatic rings. The number of benzene rings is 1. The van der Waals surface area contributed by atoms with Gasteiger partial charge in [-0.1, -0.05) is 12.5 Å². The van der Waals surface area contributed by atoms with E-state index < -0.39 is 16.0 Å². The second-order valence-corrected chi connectivity index (χ2v) is 9.44. The summed E-state index contributed by atoms with van der Waals surface area (Å²) in [6, 6.07) is 6.01. The number of sulfonamides is 1. The number of nitrogens with zero attached hydrogens (tertiary/aromatic N) is 2. The van der Waals surface area contributed by atoms with E-state index in [0.29, 0.717) is 19.6 Å². The minimum Gasteiger partial charge on any atom is -0.452 e. The Morgan fingerprint density at radius 1 is 1.07 bits per heavy atom. The lowest BCUT2D eigenvalue weighted by Gasteiger charge is -2.33. The fourth-order valence-electron chi connectivity index (χ4n) is 3.80. The van der Waals surface area contributed by atoms with Gasteiger partial charge in [-0.3, -0.25) is 4.79 Å². The first-order valence-corrected chi connectivity index (χ1v) is 11.4. The first kappa shape index (κ1) is 20.8. The first-order chi connectivity index (χ1) is 13.4. The van der Waals surface area contributed by atoms with Crippen LogP contribution in [0.2, 0.25) is 0 Å². The van der Waals surface area contributed by atoms with Gasteiger partial charge in [0.05, 0.1) is 10.5 Å². The van der Waals surface area contributed by atoms with Crippen LogP contribution >= 0.6 is 0 Å². The SMILES string of the molecule is C[C@@H]1CCCCN1C(=O)COC(=O)c1cccc(S(=O)(=O)N2CCCCC2)c1. The van der Waals surface area contributed by atoms with Crippen LogP contribution in [-0.2, 0) is 19.6 Å². The van der Waals surface area contributed by atoms with E-state index in [2.05, 4.69) is 0 Å².